The van der Waals surface area contributed by atoms with Crippen LogP contribution in [0.25, 0.3) is 0 Å². The highest BCUT2D eigenvalue weighted by Crippen LogP contribution is 2.15. The highest BCUT2D eigenvalue weighted by molar-refractivity contribution is 6.02. The molecule has 2 heterocycles. The van der Waals surface area contributed by atoms with Crippen LogP contribution in [0.2, 0.25) is 0 Å². The molecule has 0 saturated carbocycles. The van der Waals surface area contributed by atoms with Crippen LogP contribution in [-0.2, 0) is 16.1 Å². The van der Waals surface area contributed by atoms with Gasteiger partial charge in [0, 0.05) is 31.9 Å². The van der Waals surface area contributed by atoms with Gasteiger partial charge in [-0.2, -0.15) is 10.2 Å². The van der Waals surface area contributed by atoms with Crippen LogP contribution >= 0.6 is 0 Å². The predicted octanol–water partition coefficient (Wildman–Crippen LogP) is 2.89. The molecule has 1 aromatic carbocycles. The first-order valence-electron chi connectivity index (χ1n) is 9.28. The molecule has 7 heteroatoms. The quantitative estimate of drug-likeness (QED) is 0.817. The van der Waals surface area contributed by atoms with Crippen molar-refractivity contribution in [2.45, 2.75) is 39.7 Å². The Morgan fingerprint density at radius 1 is 1.15 bits per heavy atom. The van der Waals surface area contributed by atoms with Crippen LogP contribution in [0.5, 0.6) is 0 Å². The second kappa shape index (κ2) is 8.62. The fourth-order valence-electron chi connectivity index (χ4n) is 2.96. The second-order valence-corrected chi connectivity index (χ2v) is 7.02. The van der Waals surface area contributed by atoms with E-state index in [2.05, 4.69) is 29.4 Å². The van der Waals surface area contributed by atoms with E-state index < -0.39 is 0 Å². The standard InChI is InChI=1S/C20H25N5O2/c1-15(2)14-25-18(10-12-21-25)22-19(26)8-9-20(27)24-13-11-17(23-24)16-6-4-3-5-7-16/h3-7,10,12,15H,8-9,11,13-14H2,1-2H3,(H,22,26). The SMILES string of the molecule is CC(C)Cn1nccc1NC(=O)CCC(=O)N1CCC(c2ccccc2)=N1. The number of carbonyl (C=O) groups excluding carboxylic acids is 2. The van der Waals surface area contributed by atoms with Gasteiger partial charge in [0.15, 0.2) is 0 Å². The van der Waals surface area contributed by atoms with E-state index in [0.717, 1.165) is 24.2 Å². The molecule has 0 aliphatic carbocycles. The Kier molecular flexibility index (Phi) is 6.01. The van der Waals surface area contributed by atoms with E-state index in [1.165, 1.54) is 5.01 Å². The molecule has 1 aliphatic heterocycles. The summed E-state index contributed by atoms with van der Waals surface area (Å²) >= 11 is 0. The summed E-state index contributed by atoms with van der Waals surface area (Å²) in [5.41, 5.74) is 1.94. The van der Waals surface area contributed by atoms with Gasteiger partial charge in [0.05, 0.1) is 18.5 Å². The van der Waals surface area contributed by atoms with Crippen molar-refractivity contribution in [2.24, 2.45) is 11.0 Å². The number of rotatable bonds is 7. The molecule has 2 amide bonds. The number of anilines is 1. The Balaban J connectivity index is 1.50. The third-order valence-electron chi connectivity index (χ3n) is 4.28. The molecular formula is C20H25N5O2. The van der Waals surface area contributed by atoms with E-state index in [0.29, 0.717) is 18.3 Å². The molecule has 3 rings (SSSR count). The van der Waals surface area contributed by atoms with Gasteiger partial charge in [0.1, 0.15) is 5.82 Å². The van der Waals surface area contributed by atoms with Crippen LogP contribution in [0.4, 0.5) is 5.82 Å². The van der Waals surface area contributed by atoms with Gasteiger partial charge in [-0.3, -0.25) is 9.59 Å². The van der Waals surface area contributed by atoms with Crippen LogP contribution < -0.4 is 5.32 Å². The van der Waals surface area contributed by atoms with E-state index in [1.54, 1.807) is 16.9 Å². The first-order chi connectivity index (χ1) is 13.0. The molecular weight excluding hydrogens is 342 g/mol. The minimum atomic E-state index is -0.194. The van der Waals surface area contributed by atoms with E-state index in [-0.39, 0.29) is 24.7 Å². The van der Waals surface area contributed by atoms with Crippen molar-refractivity contribution in [1.29, 1.82) is 0 Å². The molecule has 0 unspecified atom stereocenters. The first-order valence-corrected chi connectivity index (χ1v) is 9.28. The molecule has 2 aromatic rings. The van der Waals surface area contributed by atoms with Crippen molar-refractivity contribution < 1.29 is 9.59 Å². The average Bonchev–Trinajstić information content (AvgIpc) is 3.30. The van der Waals surface area contributed by atoms with Gasteiger partial charge in [-0.1, -0.05) is 44.2 Å². The smallest absolute Gasteiger partial charge is 0.243 e. The lowest BCUT2D eigenvalue weighted by Gasteiger charge is -2.12. The predicted molar refractivity (Wildman–Crippen MR) is 104 cm³/mol. The number of hydrogen-bond acceptors (Lipinski definition) is 4. The number of benzene rings is 1. The molecule has 1 aromatic heterocycles. The summed E-state index contributed by atoms with van der Waals surface area (Å²) in [6, 6.07) is 11.6. The number of nitrogens with zero attached hydrogens (tertiary/aromatic N) is 4. The van der Waals surface area contributed by atoms with E-state index in [1.807, 2.05) is 30.3 Å². The van der Waals surface area contributed by atoms with Gasteiger partial charge in [0.2, 0.25) is 11.8 Å². The van der Waals surface area contributed by atoms with Gasteiger partial charge < -0.3 is 5.32 Å². The Morgan fingerprint density at radius 3 is 2.67 bits per heavy atom. The molecule has 7 nitrogen and oxygen atoms in total. The second-order valence-electron chi connectivity index (χ2n) is 7.02. The first kappa shape index (κ1) is 18.8. The molecule has 27 heavy (non-hydrogen) atoms. The summed E-state index contributed by atoms with van der Waals surface area (Å²) in [5, 5.41) is 12.9. The average molecular weight is 367 g/mol. The molecule has 0 saturated heterocycles. The third-order valence-corrected chi connectivity index (χ3v) is 4.28. The molecule has 0 bridgehead atoms. The van der Waals surface area contributed by atoms with Gasteiger partial charge in [0.25, 0.3) is 0 Å². The normalized spacial score (nSPS) is 13.7. The summed E-state index contributed by atoms with van der Waals surface area (Å²) in [7, 11) is 0. The lowest BCUT2D eigenvalue weighted by Crippen LogP contribution is -2.25. The maximum atomic E-state index is 12.4. The minimum Gasteiger partial charge on any atom is -0.311 e. The Bertz CT molecular complexity index is 826. The largest absolute Gasteiger partial charge is 0.311 e. The van der Waals surface area contributed by atoms with Gasteiger partial charge in [-0.15, -0.1) is 0 Å². The van der Waals surface area contributed by atoms with Crippen molar-refractivity contribution in [3.63, 3.8) is 0 Å². The maximum Gasteiger partial charge on any atom is 0.243 e. The Morgan fingerprint density at radius 2 is 1.93 bits per heavy atom. The van der Waals surface area contributed by atoms with Gasteiger partial charge in [-0.25, -0.2) is 9.69 Å². The zero-order valence-corrected chi connectivity index (χ0v) is 15.8. The third kappa shape index (κ3) is 5.03. The highest BCUT2D eigenvalue weighted by atomic mass is 16.2. The molecule has 0 fully saturated rings. The zero-order chi connectivity index (χ0) is 19.2. The Hall–Kier alpha value is -2.96. The van der Waals surface area contributed by atoms with Gasteiger partial charge in [-0.05, 0) is 11.5 Å². The van der Waals surface area contributed by atoms with Crippen LogP contribution in [0.3, 0.4) is 0 Å². The summed E-state index contributed by atoms with van der Waals surface area (Å²) in [6.45, 7) is 5.47. The van der Waals surface area contributed by atoms with Crippen LogP contribution in [-0.4, -0.2) is 38.9 Å². The number of aromatic nitrogens is 2. The summed E-state index contributed by atoms with van der Waals surface area (Å²) < 4.78 is 1.77. The highest BCUT2D eigenvalue weighted by Gasteiger charge is 2.22. The molecule has 0 spiro atoms. The molecule has 1 aliphatic rings. The number of hydrogen-bond donors (Lipinski definition) is 1. The number of amides is 2. The van der Waals surface area contributed by atoms with Gasteiger partial charge >= 0.3 is 0 Å². The number of hydrazone groups is 1. The number of nitrogens with one attached hydrogen (secondary N) is 1. The fourth-order valence-corrected chi connectivity index (χ4v) is 2.96. The molecule has 0 atom stereocenters. The van der Waals surface area contributed by atoms with Crippen LogP contribution in [0, 0.1) is 5.92 Å². The fraction of sp³-hybridized carbons (Fsp3) is 0.400. The van der Waals surface area contributed by atoms with Crippen molar-refractivity contribution in [3.05, 3.63) is 48.2 Å². The van der Waals surface area contributed by atoms with E-state index >= 15 is 0 Å². The molecule has 0 radical (unpaired) electrons. The summed E-state index contributed by atoms with van der Waals surface area (Å²) in [6.07, 6.45) is 2.65. The Labute approximate surface area is 159 Å². The lowest BCUT2D eigenvalue weighted by molar-refractivity contribution is -0.132. The maximum absolute atomic E-state index is 12.4. The van der Waals surface area contributed by atoms with E-state index in [9.17, 15) is 9.59 Å². The molecule has 1 N–H and O–H groups in total. The minimum absolute atomic E-state index is 0.123. The van der Waals surface area contributed by atoms with Crippen molar-refractivity contribution in [3.8, 4) is 0 Å². The zero-order valence-electron chi connectivity index (χ0n) is 15.8. The van der Waals surface area contributed by atoms with Crippen molar-refractivity contribution in [2.75, 3.05) is 11.9 Å². The monoisotopic (exact) mass is 367 g/mol. The summed E-state index contributed by atoms with van der Waals surface area (Å²) in [4.78, 5) is 24.6. The topological polar surface area (TPSA) is 79.6 Å². The van der Waals surface area contributed by atoms with Crippen molar-refractivity contribution >= 4 is 23.3 Å². The number of carbonyl (C=O) groups is 2. The lowest BCUT2D eigenvalue weighted by atomic mass is 10.1. The molecule has 142 valence electrons. The summed E-state index contributed by atoms with van der Waals surface area (Å²) in [5.74, 6) is 0.757. The van der Waals surface area contributed by atoms with Crippen LogP contribution in [0.1, 0.15) is 38.7 Å². The van der Waals surface area contributed by atoms with Crippen LogP contribution in [0.15, 0.2) is 47.7 Å². The van der Waals surface area contributed by atoms with E-state index in [4.69, 9.17) is 0 Å². The van der Waals surface area contributed by atoms with Crippen molar-refractivity contribution in [1.82, 2.24) is 14.8 Å².